The quantitative estimate of drug-likeness (QED) is 0.545. The number of hydrogen-bond acceptors (Lipinski definition) is 6. The molecule has 1 N–H and O–H groups in total. The first-order chi connectivity index (χ1) is 12.8. The maximum atomic E-state index is 12.8. The van der Waals surface area contributed by atoms with E-state index >= 15 is 0 Å². The third-order valence-corrected chi connectivity index (χ3v) is 5.59. The molecule has 1 aliphatic rings. The number of methoxy groups -OCH3 is 1. The monoisotopic (exact) mass is 464 g/mol. The Kier molecular flexibility index (Phi) is 5.54. The molecule has 9 heteroatoms. The van der Waals surface area contributed by atoms with E-state index in [2.05, 4.69) is 15.9 Å². The van der Waals surface area contributed by atoms with Gasteiger partial charge in [-0.25, -0.2) is 4.79 Å². The molecule has 1 amide bonds. The predicted octanol–water partition coefficient (Wildman–Crippen LogP) is 3.64. The number of rotatable bonds is 4. The van der Waals surface area contributed by atoms with Gasteiger partial charge in [-0.05, 0) is 42.0 Å². The molecule has 0 bridgehead atoms. The van der Waals surface area contributed by atoms with Crippen molar-refractivity contribution in [3.05, 3.63) is 56.9 Å². The number of thiocarbonyl (C=S) groups is 1. The van der Waals surface area contributed by atoms with Gasteiger partial charge in [-0.3, -0.25) is 9.69 Å². The summed E-state index contributed by atoms with van der Waals surface area (Å²) in [5, 5.41) is 21.0. The molecular formula is C18H11BrNO5S2-. The van der Waals surface area contributed by atoms with Crippen molar-refractivity contribution in [3.63, 3.8) is 0 Å². The van der Waals surface area contributed by atoms with Gasteiger partial charge >= 0.3 is 5.97 Å². The first kappa shape index (κ1) is 19.4. The Bertz CT molecular complexity index is 1010. The smallest absolute Gasteiger partial charge is 0.335 e. The number of carbonyl (C=O) groups is 2. The van der Waals surface area contributed by atoms with Crippen molar-refractivity contribution in [3.8, 4) is 11.5 Å². The molecule has 1 heterocycles. The molecule has 0 atom stereocenters. The number of halogens is 1. The normalized spacial score (nSPS) is 15.5. The fraction of sp³-hybridized carbons (Fsp3) is 0.0556. The zero-order valence-electron chi connectivity index (χ0n) is 13.8. The van der Waals surface area contributed by atoms with Crippen LogP contribution in [0.1, 0.15) is 15.9 Å². The van der Waals surface area contributed by atoms with Crippen molar-refractivity contribution in [2.45, 2.75) is 0 Å². The van der Waals surface area contributed by atoms with Crippen LogP contribution in [-0.2, 0) is 4.79 Å². The second kappa shape index (κ2) is 7.71. The number of ether oxygens (including phenoxy) is 1. The van der Waals surface area contributed by atoms with E-state index in [-0.39, 0.29) is 23.0 Å². The standard InChI is InChI=1S/C18H12BrNO5S2/c1-25-13-6-9(5-12(19)15(13)21)7-14-16(22)20(18(26)27-14)11-4-2-3-10(8-11)17(23)24/h2-8,21H,1H3,(H,23,24)/p-1/b14-7+. The highest BCUT2D eigenvalue weighted by Crippen LogP contribution is 2.38. The molecule has 1 fully saturated rings. The fourth-order valence-electron chi connectivity index (χ4n) is 2.44. The molecular weight excluding hydrogens is 454 g/mol. The van der Waals surface area contributed by atoms with Gasteiger partial charge in [-0.15, -0.1) is 0 Å². The lowest BCUT2D eigenvalue weighted by Crippen LogP contribution is -2.27. The minimum atomic E-state index is -1.09. The molecule has 1 aliphatic heterocycles. The van der Waals surface area contributed by atoms with Crippen LogP contribution in [0.15, 0.2) is 45.8 Å². The van der Waals surface area contributed by atoms with E-state index in [4.69, 9.17) is 22.1 Å². The lowest BCUT2D eigenvalue weighted by atomic mass is 10.1. The molecule has 0 radical (unpaired) electrons. The summed E-state index contributed by atoms with van der Waals surface area (Å²) in [5.74, 6) is -1.59. The highest BCUT2D eigenvalue weighted by Gasteiger charge is 2.33. The van der Waals surface area contributed by atoms with Crippen LogP contribution in [0, 0.1) is 0 Å². The van der Waals surface area contributed by atoms with Gasteiger partial charge in [-0.2, -0.15) is 0 Å². The summed E-state index contributed by atoms with van der Waals surface area (Å²) in [6, 6.07) is 9.12. The molecule has 138 valence electrons. The highest BCUT2D eigenvalue weighted by molar-refractivity contribution is 9.10. The van der Waals surface area contributed by atoms with E-state index in [9.17, 15) is 14.7 Å². The highest BCUT2D eigenvalue weighted by atomic mass is 79.9. The largest absolute Gasteiger partial charge is 0.869 e. The van der Waals surface area contributed by atoms with Gasteiger partial charge in [0.2, 0.25) is 0 Å². The van der Waals surface area contributed by atoms with Crippen LogP contribution in [0.3, 0.4) is 0 Å². The first-order valence-electron chi connectivity index (χ1n) is 7.47. The van der Waals surface area contributed by atoms with Crippen molar-refractivity contribution in [2.75, 3.05) is 12.0 Å². The van der Waals surface area contributed by atoms with Crippen LogP contribution >= 0.6 is 39.9 Å². The molecule has 6 nitrogen and oxygen atoms in total. The maximum Gasteiger partial charge on any atom is 0.335 e. The van der Waals surface area contributed by atoms with Gasteiger partial charge < -0.3 is 14.9 Å². The number of carboxylic acid groups (broad SMARTS) is 1. The number of nitrogens with zero attached hydrogens (tertiary/aromatic N) is 1. The number of amides is 1. The Morgan fingerprint density at radius 3 is 2.78 bits per heavy atom. The number of aromatic carboxylic acids is 1. The predicted molar refractivity (Wildman–Crippen MR) is 109 cm³/mol. The van der Waals surface area contributed by atoms with Crippen LogP contribution < -0.4 is 14.7 Å². The lowest BCUT2D eigenvalue weighted by Gasteiger charge is -2.15. The summed E-state index contributed by atoms with van der Waals surface area (Å²) in [7, 11) is 1.39. The topological polar surface area (TPSA) is 89.9 Å². The Morgan fingerprint density at radius 1 is 1.37 bits per heavy atom. The van der Waals surface area contributed by atoms with Crippen LogP contribution in [0.4, 0.5) is 5.69 Å². The molecule has 2 aromatic carbocycles. The fourth-order valence-corrected chi connectivity index (χ4v) is 4.20. The summed E-state index contributed by atoms with van der Waals surface area (Å²) < 4.78 is 5.66. The molecule has 1 saturated heterocycles. The van der Waals surface area contributed by atoms with Crippen LogP contribution in [0.5, 0.6) is 11.5 Å². The molecule has 3 rings (SSSR count). The molecule has 2 aromatic rings. The minimum absolute atomic E-state index is 0.0604. The van der Waals surface area contributed by atoms with Crippen LogP contribution in [0.25, 0.3) is 6.08 Å². The zero-order chi connectivity index (χ0) is 19.7. The maximum absolute atomic E-state index is 12.8. The van der Waals surface area contributed by atoms with E-state index in [1.54, 1.807) is 24.3 Å². The average Bonchev–Trinajstić information content (AvgIpc) is 2.91. The molecule has 0 aliphatic carbocycles. The third kappa shape index (κ3) is 3.85. The summed E-state index contributed by atoms with van der Waals surface area (Å²) in [5.41, 5.74) is 1.04. The second-order valence-corrected chi connectivity index (χ2v) is 7.94. The van der Waals surface area contributed by atoms with E-state index in [0.717, 1.165) is 11.8 Å². The number of thioether (sulfide) groups is 1. The van der Waals surface area contributed by atoms with Gasteiger partial charge in [0.05, 0.1) is 23.3 Å². The van der Waals surface area contributed by atoms with Crippen molar-refractivity contribution in [1.82, 2.24) is 0 Å². The Morgan fingerprint density at radius 2 is 2.11 bits per heavy atom. The molecule has 0 aromatic heterocycles. The van der Waals surface area contributed by atoms with Gasteiger partial charge in [0.25, 0.3) is 5.91 Å². The Labute approximate surface area is 172 Å². The molecule has 0 saturated carbocycles. The molecule has 0 unspecified atom stereocenters. The summed E-state index contributed by atoms with van der Waals surface area (Å²) >= 11 is 9.57. The van der Waals surface area contributed by atoms with Crippen molar-refractivity contribution < 1.29 is 24.5 Å². The van der Waals surface area contributed by atoms with Crippen LogP contribution in [0.2, 0.25) is 0 Å². The molecule has 0 spiro atoms. The number of hydrogen-bond donors (Lipinski definition) is 1. The minimum Gasteiger partial charge on any atom is -0.869 e. The van der Waals surface area contributed by atoms with E-state index in [0.29, 0.717) is 24.9 Å². The Balaban J connectivity index is 1.97. The van der Waals surface area contributed by atoms with Gasteiger partial charge in [-0.1, -0.05) is 51.7 Å². The zero-order valence-corrected chi connectivity index (χ0v) is 17.0. The summed E-state index contributed by atoms with van der Waals surface area (Å²) in [6.45, 7) is 0. The van der Waals surface area contributed by atoms with Crippen molar-refractivity contribution >= 4 is 67.9 Å². The van der Waals surface area contributed by atoms with E-state index in [1.807, 2.05) is 0 Å². The second-order valence-electron chi connectivity index (χ2n) is 5.41. The lowest BCUT2D eigenvalue weighted by molar-refractivity contribution is -0.271. The van der Waals surface area contributed by atoms with Gasteiger partial charge in [0, 0.05) is 4.47 Å². The van der Waals surface area contributed by atoms with Crippen molar-refractivity contribution in [1.29, 1.82) is 0 Å². The third-order valence-electron chi connectivity index (χ3n) is 3.69. The van der Waals surface area contributed by atoms with Crippen LogP contribution in [-0.4, -0.2) is 28.4 Å². The molecule has 27 heavy (non-hydrogen) atoms. The van der Waals surface area contributed by atoms with Gasteiger partial charge in [0.15, 0.2) is 4.32 Å². The number of carbonyl (C=O) groups excluding carboxylic acids is 1. The first-order valence-corrected chi connectivity index (χ1v) is 9.49. The average molecular weight is 465 g/mol. The number of benzene rings is 2. The summed E-state index contributed by atoms with van der Waals surface area (Å²) in [6.07, 6.45) is 1.60. The van der Waals surface area contributed by atoms with Crippen molar-refractivity contribution in [2.24, 2.45) is 0 Å². The number of anilines is 1. The SMILES string of the molecule is COc1cc(/C=C2/SC(=S)N(c3cccc(C(=O)O)c3)C2=O)cc(Br)c1[O-]. The van der Waals surface area contributed by atoms with E-state index in [1.165, 1.54) is 30.2 Å². The summed E-state index contributed by atoms with van der Waals surface area (Å²) in [4.78, 5) is 25.6. The Hall–Kier alpha value is -2.36. The van der Waals surface area contributed by atoms with E-state index < -0.39 is 5.97 Å². The number of carboxylic acids is 1. The van der Waals surface area contributed by atoms with Gasteiger partial charge in [0.1, 0.15) is 5.75 Å².